The van der Waals surface area contributed by atoms with Crippen molar-refractivity contribution in [2.75, 3.05) is 0 Å². The van der Waals surface area contributed by atoms with Crippen molar-refractivity contribution < 1.29 is 4.79 Å². The molecule has 1 aromatic carbocycles. The average Bonchev–Trinajstić information content (AvgIpc) is 2.63. The number of aromatic nitrogens is 2. The fraction of sp³-hybridized carbons (Fsp3) is 0.105. The van der Waals surface area contributed by atoms with Crippen LogP contribution in [-0.4, -0.2) is 20.8 Å². The third kappa shape index (κ3) is 4.38. The number of pyridine rings is 2. The fourth-order valence-corrected chi connectivity index (χ4v) is 2.71. The Morgan fingerprint density at radius 2 is 1.38 bits per heavy atom. The molecule has 4 nitrogen and oxygen atoms in total. The van der Waals surface area contributed by atoms with Gasteiger partial charge in [0.1, 0.15) is 0 Å². The number of hydrogen-bond acceptors (Lipinski definition) is 3. The second-order valence-electron chi connectivity index (χ2n) is 5.31. The maximum Gasteiger partial charge on any atom is 0.254 e. The highest BCUT2D eigenvalue weighted by atomic mass is 127. The first-order valence-corrected chi connectivity index (χ1v) is 8.65. The zero-order valence-corrected chi connectivity index (χ0v) is 15.1. The van der Waals surface area contributed by atoms with Crippen molar-refractivity contribution in [3.8, 4) is 0 Å². The van der Waals surface area contributed by atoms with Crippen LogP contribution in [0.25, 0.3) is 0 Å². The van der Waals surface area contributed by atoms with Crippen LogP contribution in [0, 0.1) is 3.57 Å². The van der Waals surface area contributed by atoms with Gasteiger partial charge in [0, 0.05) is 21.5 Å². The van der Waals surface area contributed by atoms with Gasteiger partial charge in [0.15, 0.2) is 0 Å². The standard InChI is InChI=1S/C19H16IN3O/c20-16-9-7-15(8-10-16)19(24)23(13-17-5-1-3-11-21-17)14-18-6-2-4-12-22-18/h1-12H,13-14H2. The first-order valence-electron chi connectivity index (χ1n) is 7.57. The van der Waals surface area contributed by atoms with Crippen LogP contribution in [0.4, 0.5) is 0 Å². The summed E-state index contributed by atoms with van der Waals surface area (Å²) in [4.78, 5) is 23.4. The molecule has 0 unspecified atom stereocenters. The second-order valence-corrected chi connectivity index (χ2v) is 6.56. The van der Waals surface area contributed by atoms with Gasteiger partial charge in [0.25, 0.3) is 5.91 Å². The lowest BCUT2D eigenvalue weighted by molar-refractivity contribution is 0.0725. The maximum absolute atomic E-state index is 12.9. The second kappa shape index (κ2) is 8.01. The van der Waals surface area contributed by atoms with Gasteiger partial charge in [0.05, 0.1) is 24.5 Å². The van der Waals surface area contributed by atoms with E-state index < -0.39 is 0 Å². The van der Waals surface area contributed by atoms with E-state index in [9.17, 15) is 4.79 Å². The van der Waals surface area contributed by atoms with E-state index in [0.717, 1.165) is 15.0 Å². The van der Waals surface area contributed by atoms with Gasteiger partial charge in [-0.25, -0.2) is 0 Å². The molecule has 3 rings (SSSR count). The van der Waals surface area contributed by atoms with Gasteiger partial charge in [-0.3, -0.25) is 14.8 Å². The van der Waals surface area contributed by atoms with E-state index in [1.54, 1.807) is 17.3 Å². The highest BCUT2D eigenvalue weighted by Crippen LogP contribution is 2.14. The Balaban J connectivity index is 1.85. The van der Waals surface area contributed by atoms with E-state index in [1.807, 2.05) is 60.7 Å². The SMILES string of the molecule is O=C(c1ccc(I)cc1)N(Cc1ccccn1)Cc1ccccn1. The summed E-state index contributed by atoms with van der Waals surface area (Å²) in [7, 11) is 0. The van der Waals surface area contributed by atoms with Crippen LogP contribution in [0.5, 0.6) is 0 Å². The molecule has 1 amide bonds. The van der Waals surface area contributed by atoms with Gasteiger partial charge < -0.3 is 4.90 Å². The van der Waals surface area contributed by atoms with Crippen LogP contribution in [0.1, 0.15) is 21.7 Å². The zero-order valence-electron chi connectivity index (χ0n) is 13.0. The molecule has 120 valence electrons. The number of carbonyl (C=O) groups is 1. The third-order valence-electron chi connectivity index (χ3n) is 3.54. The summed E-state index contributed by atoms with van der Waals surface area (Å²) in [6.07, 6.45) is 3.48. The monoisotopic (exact) mass is 429 g/mol. The Morgan fingerprint density at radius 1 is 0.833 bits per heavy atom. The molecule has 0 radical (unpaired) electrons. The van der Waals surface area contributed by atoms with E-state index in [4.69, 9.17) is 0 Å². The third-order valence-corrected chi connectivity index (χ3v) is 4.26. The van der Waals surface area contributed by atoms with Gasteiger partial charge in [-0.05, 0) is 71.1 Å². The molecule has 0 aliphatic carbocycles. The highest BCUT2D eigenvalue weighted by molar-refractivity contribution is 14.1. The summed E-state index contributed by atoms with van der Waals surface area (Å²) in [5, 5.41) is 0. The molecular formula is C19H16IN3O. The average molecular weight is 429 g/mol. The lowest BCUT2D eigenvalue weighted by Crippen LogP contribution is -2.30. The van der Waals surface area contributed by atoms with E-state index in [0.29, 0.717) is 18.7 Å². The molecule has 5 heteroatoms. The minimum atomic E-state index is -0.0253. The number of amides is 1. The largest absolute Gasteiger partial charge is 0.327 e. The fourth-order valence-electron chi connectivity index (χ4n) is 2.35. The summed E-state index contributed by atoms with van der Waals surface area (Å²) >= 11 is 2.23. The molecule has 0 fully saturated rings. The van der Waals surface area contributed by atoms with Crippen molar-refractivity contribution in [2.45, 2.75) is 13.1 Å². The Morgan fingerprint density at radius 3 is 1.83 bits per heavy atom. The molecular weight excluding hydrogens is 413 g/mol. The summed E-state index contributed by atoms with van der Waals surface area (Å²) in [5.74, 6) is -0.0253. The van der Waals surface area contributed by atoms with E-state index in [-0.39, 0.29) is 5.91 Å². The number of nitrogens with zero attached hydrogens (tertiary/aromatic N) is 3. The van der Waals surface area contributed by atoms with Crippen LogP contribution in [0.2, 0.25) is 0 Å². The Kier molecular flexibility index (Phi) is 5.53. The predicted octanol–water partition coefficient (Wildman–Crippen LogP) is 3.92. The Bertz CT molecular complexity index is 750. The molecule has 0 saturated heterocycles. The Labute approximate surface area is 154 Å². The molecule has 0 spiro atoms. The van der Waals surface area contributed by atoms with Crippen LogP contribution < -0.4 is 0 Å². The van der Waals surface area contributed by atoms with E-state index in [2.05, 4.69) is 32.6 Å². The molecule has 2 heterocycles. The molecule has 0 bridgehead atoms. The molecule has 0 N–H and O–H groups in total. The van der Waals surface area contributed by atoms with Crippen molar-refractivity contribution in [3.63, 3.8) is 0 Å². The quantitative estimate of drug-likeness (QED) is 0.578. The molecule has 0 aliphatic rings. The number of hydrogen-bond donors (Lipinski definition) is 0. The Hall–Kier alpha value is -2.28. The maximum atomic E-state index is 12.9. The van der Waals surface area contributed by atoms with Crippen molar-refractivity contribution in [3.05, 3.63) is 93.6 Å². The van der Waals surface area contributed by atoms with Crippen molar-refractivity contribution >= 4 is 28.5 Å². The minimum Gasteiger partial charge on any atom is -0.327 e. The van der Waals surface area contributed by atoms with Gasteiger partial charge in [-0.1, -0.05) is 12.1 Å². The summed E-state index contributed by atoms with van der Waals surface area (Å²) in [6.45, 7) is 0.893. The number of halogens is 1. The van der Waals surface area contributed by atoms with Gasteiger partial charge in [-0.15, -0.1) is 0 Å². The van der Waals surface area contributed by atoms with E-state index in [1.165, 1.54) is 0 Å². The first-order chi connectivity index (χ1) is 11.7. The summed E-state index contributed by atoms with van der Waals surface area (Å²) < 4.78 is 1.10. The summed E-state index contributed by atoms with van der Waals surface area (Å²) in [5.41, 5.74) is 2.38. The first kappa shape index (κ1) is 16.6. The smallest absolute Gasteiger partial charge is 0.254 e. The predicted molar refractivity (Wildman–Crippen MR) is 101 cm³/mol. The van der Waals surface area contributed by atoms with Crippen LogP contribution in [-0.2, 0) is 13.1 Å². The zero-order chi connectivity index (χ0) is 16.8. The lowest BCUT2D eigenvalue weighted by atomic mass is 10.2. The number of benzene rings is 1. The minimum absolute atomic E-state index is 0.0253. The normalized spacial score (nSPS) is 10.4. The van der Waals surface area contributed by atoms with Gasteiger partial charge in [0.2, 0.25) is 0 Å². The topological polar surface area (TPSA) is 46.1 Å². The van der Waals surface area contributed by atoms with Crippen molar-refractivity contribution in [1.29, 1.82) is 0 Å². The van der Waals surface area contributed by atoms with Crippen LogP contribution in [0.3, 0.4) is 0 Å². The molecule has 0 aliphatic heterocycles. The van der Waals surface area contributed by atoms with Gasteiger partial charge >= 0.3 is 0 Å². The van der Waals surface area contributed by atoms with Gasteiger partial charge in [-0.2, -0.15) is 0 Å². The highest BCUT2D eigenvalue weighted by Gasteiger charge is 2.17. The molecule has 0 atom stereocenters. The lowest BCUT2D eigenvalue weighted by Gasteiger charge is -2.22. The number of carbonyl (C=O) groups excluding carboxylic acids is 1. The van der Waals surface area contributed by atoms with Crippen molar-refractivity contribution in [2.24, 2.45) is 0 Å². The van der Waals surface area contributed by atoms with E-state index >= 15 is 0 Å². The molecule has 3 aromatic rings. The molecule has 0 saturated carbocycles. The summed E-state index contributed by atoms with van der Waals surface area (Å²) in [6, 6.07) is 19.0. The molecule has 2 aromatic heterocycles. The molecule has 24 heavy (non-hydrogen) atoms. The van der Waals surface area contributed by atoms with Crippen molar-refractivity contribution in [1.82, 2.24) is 14.9 Å². The van der Waals surface area contributed by atoms with Crippen LogP contribution in [0.15, 0.2) is 73.1 Å². The van der Waals surface area contributed by atoms with Crippen LogP contribution >= 0.6 is 22.6 Å². The number of rotatable bonds is 5.